The Morgan fingerprint density at radius 1 is 1.11 bits per heavy atom. The van der Waals surface area contributed by atoms with Crippen molar-refractivity contribution in [1.29, 1.82) is 0 Å². The first-order chi connectivity index (χ1) is 25.0. The fourth-order valence-corrected chi connectivity index (χ4v) is 9.71. The fourth-order valence-electron chi connectivity index (χ4n) is 7.85. The predicted octanol–water partition coefficient (Wildman–Crippen LogP) is 4.08. The number of alkyl carbamates (subject to hydrolysis) is 1. The number of carbonyl (C=O) groups excluding carboxylic acids is 5. The minimum Gasteiger partial charge on any atom is -0.444 e. The number of nitrogens with one attached hydrogen (secondary N) is 2. The third-order valence-electron chi connectivity index (χ3n) is 10.7. The second-order valence-electron chi connectivity index (χ2n) is 16.0. The standard InChI is InChI=1S/C38H49FN4O9S/c1-37(2,3)52-35(47)40-30-14-9-7-5-4-6-8-12-26-19-38(26,32(44)17-24-15-16-53(49,50)23-24)41-33(45)31-18-27(21-43(31)34(30)46)51-36(48)42-20-25-11-10-13-29(39)28(25)22-42/h6,10-13,24,26-27,30-31H,4-5,7,9,14-23H2,1-3H3,(H,40,47)(H,41,45)/t8?,24-,26-,27-,30+,31+,38-/m1/s1. The van der Waals surface area contributed by atoms with Gasteiger partial charge in [0.2, 0.25) is 11.8 Å². The summed E-state index contributed by atoms with van der Waals surface area (Å²) in [5, 5.41) is 5.64. The molecule has 15 heteroatoms. The van der Waals surface area contributed by atoms with Gasteiger partial charge in [0.15, 0.2) is 15.6 Å². The number of fused-ring (bicyclic) bond motifs is 3. The molecule has 0 radical (unpaired) electrons. The normalized spacial score (nSPS) is 29.8. The Bertz CT molecular complexity index is 1820. The van der Waals surface area contributed by atoms with Gasteiger partial charge in [-0.15, -0.1) is 5.73 Å². The Morgan fingerprint density at radius 3 is 2.62 bits per heavy atom. The van der Waals surface area contributed by atoms with E-state index in [4.69, 9.17) is 9.47 Å². The van der Waals surface area contributed by atoms with E-state index in [1.165, 1.54) is 15.9 Å². The van der Waals surface area contributed by atoms with E-state index in [0.29, 0.717) is 36.8 Å². The van der Waals surface area contributed by atoms with E-state index in [9.17, 15) is 36.8 Å². The number of halogens is 1. The molecule has 6 atom stereocenters. The molecule has 2 N–H and O–H groups in total. The highest BCUT2D eigenvalue weighted by molar-refractivity contribution is 7.91. The highest BCUT2D eigenvalue weighted by Crippen LogP contribution is 2.47. The van der Waals surface area contributed by atoms with Crippen LogP contribution in [0.2, 0.25) is 0 Å². The lowest BCUT2D eigenvalue weighted by Crippen LogP contribution is -2.56. The molecule has 0 aromatic heterocycles. The van der Waals surface area contributed by atoms with E-state index in [-0.39, 0.29) is 68.0 Å². The number of nitrogens with zero attached hydrogens (tertiary/aromatic N) is 2. The number of amides is 4. The van der Waals surface area contributed by atoms with Crippen molar-refractivity contribution in [2.45, 2.75) is 121 Å². The van der Waals surface area contributed by atoms with Gasteiger partial charge in [-0.1, -0.05) is 25.0 Å². The number of ketones is 1. The van der Waals surface area contributed by atoms with E-state index >= 15 is 0 Å². The molecular weight excluding hydrogens is 708 g/mol. The van der Waals surface area contributed by atoms with E-state index in [1.807, 2.05) is 6.08 Å². The molecule has 6 rings (SSSR count). The molecule has 1 aromatic rings. The molecule has 13 nitrogen and oxygen atoms in total. The number of hydrogen-bond acceptors (Lipinski definition) is 9. The van der Waals surface area contributed by atoms with Crippen LogP contribution in [0.15, 0.2) is 36.1 Å². The predicted molar refractivity (Wildman–Crippen MR) is 190 cm³/mol. The molecule has 2 saturated heterocycles. The summed E-state index contributed by atoms with van der Waals surface area (Å²) in [6, 6.07) is 2.42. The summed E-state index contributed by atoms with van der Waals surface area (Å²) in [4.78, 5) is 71.6. The number of sulfone groups is 1. The number of rotatable bonds is 5. The molecule has 0 bridgehead atoms. The summed E-state index contributed by atoms with van der Waals surface area (Å²) in [5.41, 5.74) is 2.09. The van der Waals surface area contributed by atoms with Gasteiger partial charge in [-0.25, -0.2) is 22.4 Å². The molecular formula is C38H49FN4O9S. The molecule has 3 fully saturated rings. The lowest BCUT2D eigenvalue weighted by molar-refractivity contribution is -0.141. The van der Waals surface area contributed by atoms with Crippen molar-refractivity contribution in [1.82, 2.24) is 20.4 Å². The van der Waals surface area contributed by atoms with Crippen LogP contribution >= 0.6 is 0 Å². The van der Waals surface area contributed by atoms with Crippen LogP contribution < -0.4 is 10.6 Å². The number of hydrogen-bond donors (Lipinski definition) is 2. The van der Waals surface area contributed by atoms with Crippen molar-refractivity contribution in [3.05, 3.63) is 53.0 Å². The molecule has 288 valence electrons. The molecule has 0 spiro atoms. The van der Waals surface area contributed by atoms with Crippen LogP contribution in [0, 0.1) is 17.7 Å². The summed E-state index contributed by atoms with van der Waals surface area (Å²) in [6.45, 7) is 5.11. The van der Waals surface area contributed by atoms with E-state index < -0.39 is 69.0 Å². The van der Waals surface area contributed by atoms with Crippen LogP contribution in [0.5, 0.6) is 0 Å². The van der Waals surface area contributed by atoms with Crippen molar-refractivity contribution in [3.63, 3.8) is 0 Å². The molecule has 1 saturated carbocycles. The van der Waals surface area contributed by atoms with E-state index in [1.54, 1.807) is 39.0 Å². The monoisotopic (exact) mass is 756 g/mol. The molecule has 4 heterocycles. The lowest BCUT2D eigenvalue weighted by Gasteiger charge is -2.30. The number of carbonyl (C=O) groups is 5. The summed E-state index contributed by atoms with van der Waals surface area (Å²) < 4.78 is 50.1. The van der Waals surface area contributed by atoms with Crippen molar-refractivity contribution in [3.8, 4) is 0 Å². The Balaban J connectivity index is 1.25. The number of benzene rings is 1. The van der Waals surface area contributed by atoms with Gasteiger partial charge in [-0.3, -0.25) is 19.3 Å². The van der Waals surface area contributed by atoms with Gasteiger partial charge in [0.1, 0.15) is 35.1 Å². The van der Waals surface area contributed by atoms with Crippen LogP contribution in [0.1, 0.15) is 89.7 Å². The van der Waals surface area contributed by atoms with Gasteiger partial charge in [0, 0.05) is 30.9 Å². The zero-order chi connectivity index (χ0) is 38.1. The quantitative estimate of drug-likeness (QED) is 0.421. The van der Waals surface area contributed by atoms with Crippen molar-refractivity contribution < 1.29 is 46.3 Å². The average Bonchev–Trinajstić information content (AvgIpc) is 3.38. The topological polar surface area (TPSA) is 168 Å². The van der Waals surface area contributed by atoms with Crippen LogP contribution in [-0.2, 0) is 46.8 Å². The zero-order valence-corrected chi connectivity index (χ0v) is 31.3. The maximum atomic E-state index is 14.4. The Kier molecular flexibility index (Phi) is 11.1. The van der Waals surface area contributed by atoms with Crippen LogP contribution in [0.3, 0.4) is 0 Å². The maximum absolute atomic E-state index is 14.4. The first-order valence-corrected chi connectivity index (χ1v) is 20.3. The minimum absolute atomic E-state index is 0.0121. The Morgan fingerprint density at radius 2 is 1.91 bits per heavy atom. The molecule has 1 aliphatic carbocycles. The fraction of sp³-hybridized carbons (Fsp3) is 0.632. The molecule has 5 aliphatic rings. The lowest BCUT2D eigenvalue weighted by atomic mass is 9.94. The van der Waals surface area contributed by atoms with Crippen LogP contribution in [0.25, 0.3) is 0 Å². The number of ether oxygens (including phenoxy) is 2. The largest absolute Gasteiger partial charge is 0.444 e. The summed E-state index contributed by atoms with van der Waals surface area (Å²) in [6.07, 6.45) is 4.88. The molecule has 4 amide bonds. The van der Waals surface area contributed by atoms with Crippen molar-refractivity contribution in [2.75, 3.05) is 18.1 Å². The third kappa shape index (κ3) is 9.12. The first kappa shape index (κ1) is 38.5. The van der Waals surface area contributed by atoms with Gasteiger partial charge in [-0.05, 0) is 82.6 Å². The smallest absolute Gasteiger partial charge is 0.410 e. The summed E-state index contributed by atoms with van der Waals surface area (Å²) in [5.74, 6) is -2.66. The second kappa shape index (κ2) is 15.3. The SMILES string of the molecule is CC(C)(C)OC(=O)N[C@H]1CCCCCC=C=C[C@@H]2C[C@@]2(C(=O)C[C@H]2CCS(=O)(=O)C2)NC(=O)[C@@H]2C[C@@H](OC(=O)N3Cc4cccc(F)c4C3)CN2C1=O. The molecule has 1 aromatic carbocycles. The van der Waals surface area contributed by atoms with E-state index in [0.717, 1.165) is 12.8 Å². The minimum atomic E-state index is -3.23. The van der Waals surface area contributed by atoms with Gasteiger partial charge >= 0.3 is 12.2 Å². The number of Topliss-reactive ketones (excluding diaryl/α,β-unsaturated/α-hetero) is 1. The van der Waals surface area contributed by atoms with Gasteiger partial charge in [0.05, 0.1) is 24.6 Å². The molecule has 53 heavy (non-hydrogen) atoms. The van der Waals surface area contributed by atoms with Crippen molar-refractivity contribution in [2.24, 2.45) is 11.8 Å². The third-order valence-corrected chi connectivity index (χ3v) is 12.5. The zero-order valence-electron chi connectivity index (χ0n) is 30.5. The Hall–Kier alpha value is -4.23. The summed E-state index contributed by atoms with van der Waals surface area (Å²) >= 11 is 0. The highest BCUT2D eigenvalue weighted by atomic mass is 32.2. The van der Waals surface area contributed by atoms with Gasteiger partial charge in [-0.2, -0.15) is 0 Å². The van der Waals surface area contributed by atoms with Crippen LogP contribution in [-0.4, -0.2) is 95.4 Å². The summed E-state index contributed by atoms with van der Waals surface area (Å²) in [7, 11) is -3.23. The van der Waals surface area contributed by atoms with Gasteiger partial charge < -0.3 is 25.0 Å². The molecule has 4 aliphatic heterocycles. The maximum Gasteiger partial charge on any atom is 0.410 e. The molecule has 0 unspecified atom stereocenters. The van der Waals surface area contributed by atoms with Crippen molar-refractivity contribution >= 4 is 39.6 Å². The van der Waals surface area contributed by atoms with E-state index in [2.05, 4.69) is 16.4 Å². The van der Waals surface area contributed by atoms with Gasteiger partial charge in [0.25, 0.3) is 0 Å². The highest BCUT2D eigenvalue weighted by Gasteiger charge is 2.61. The van der Waals surface area contributed by atoms with Crippen LogP contribution in [0.4, 0.5) is 14.0 Å². The first-order valence-electron chi connectivity index (χ1n) is 18.5. The Labute approximate surface area is 309 Å². The second-order valence-corrected chi connectivity index (χ2v) is 18.3. The average molecular weight is 757 g/mol.